The SMILES string of the molecule is CCS(=O)(=O)Nc1ccc(NC(=O)CSc2ccc([N+](=O)[O-])cc2)cc1OC. The highest BCUT2D eigenvalue weighted by atomic mass is 32.2. The number of nitro groups is 1. The van der Waals surface area contributed by atoms with E-state index in [0.29, 0.717) is 5.69 Å². The number of hydrogen-bond donors (Lipinski definition) is 2. The maximum absolute atomic E-state index is 12.1. The third kappa shape index (κ3) is 6.13. The Kier molecular flexibility index (Phi) is 7.24. The lowest BCUT2D eigenvalue weighted by atomic mass is 10.2. The first-order chi connectivity index (χ1) is 13.2. The predicted molar refractivity (Wildman–Crippen MR) is 109 cm³/mol. The van der Waals surface area contributed by atoms with Gasteiger partial charge in [-0.3, -0.25) is 19.6 Å². The molecule has 11 heteroatoms. The van der Waals surface area contributed by atoms with Crippen LogP contribution in [0.1, 0.15) is 6.92 Å². The fourth-order valence-corrected chi connectivity index (χ4v) is 3.45. The second-order valence-corrected chi connectivity index (χ2v) is 8.57. The normalized spacial score (nSPS) is 10.9. The number of nitrogens with one attached hydrogen (secondary N) is 2. The van der Waals surface area contributed by atoms with Crippen LogP contribution in [0.2, 0.25) is 0 Å². The van der Waals surface area contributed by atoms with Crippen LogP contribution in [0.5, 0.6) is 5.75 Å². The lowest BCUT2D eigenvalue weighted by Crippen LogP contribution is -2.16. The molecule has 28 heavy (non-hydrogen) atoms. The van der Waals surface area contributed by atoms with Gasteiger partial charge < -0.3 is 10.1 Å². The molecule has 0 spiro atoms. The maximum atomic E-state index is 12.1. The maximum Gasteiger partial charge on any atom is 0.269 e. The molecule has 0 aromatic heterocycles. The minimum absolute atomic E-state index is 0.0142. The largest absolute Gasteiger partial charge is 0.494 e. The van der Waals surface area contributed by atoms with Gasteiger partial charge in [0, 0.05) is 28.8 Å². The van der Waals surface area contributed by atoms with Crippen molar-refractivity contribution in [3.63, 3.8) is 0 Å². The van der Waals surface area contributed by atoms with E-state index in [1.807, 2.05) is 0 Å². The van der Waals surface area contributed by atoms with E-state index in [-0.39, 0.29) is 34.5 Å². The fourth-order valence-electron chi connectivity index (χ4n) is 2.10. The van der Waals surface area contributed by atoms with Gasteiger partial charge in [-0.25, -0.2) is 8.42 Å². The number of methoxy groups -OCH3 is 1. The summed E-state index contributed by atoms with van der Waals surface area (Å²) in [5.74, 6) is 0.0175. The number of nitro benzene ring substituents is 1. The Morgan fingerprint density at radius 2 is 1.89 bits per heavy atom. The second-order valence-electron chi connectivity index (χ2n) is 5.51. The van der Waals surface area contributed by atoms with Crippen molar-refractivity contribution in [2.24, 2.45) is 0 Å². The van der Waals surface area contributed by atoms with Crippen LogP contribution in [0.4, 0.5) is 17.1 Å². The molecular weight excluding hydrogens is 406 g/mol. The molecule has 0 aliphatic rings. The lowest BCUT2D eigenvalue weighted by Gasteiger charge is -2.13. The number of thioether (sulfide) groups is 1. The van der Waals surface area contributed by atoms with Gasteiger partial charge in [-0.2, -0.15) is 0 Å². The molecule has 0 atom stereocenters. The molecule has 0 unspecified atom stereocenters. The number of nitrogens with zero attached hydrogens (tertiary/aromatic N) is 1. The summed E-state index contributed by atoms with van der Waals surface area (Å²) >= 11 is 1.23. The van der Waals surface area contributed by atoms with Crippen LogP contribution in [0, 0.1) is 10.1 Å². The van der Waals surface area contributed by atoms with Crippen molar-refractivity contribution in [2.45, 2.75) is 11.8 Å². The smallest absolute Gasteiger partial charge is 0.269 e. The van der Waals surface area contributed by atoms with Gasteiger partial charge in [0.05, 0.1) is 29.2 Å². The molecule has 0 bridgehead atoms. The van der Waals surface area contributed by atoms with E-state index >= 15 is 0 Å². The first kappa shape index (κ1) is 21.5. The zero-order chi connectivity index (χ0) is 20.7. The summed E-state index contributed by atoms with van der Waals surface area (Å²) in [6.07, 6.45) is 0. The van der Waals surface area contributed by atoms with Crippen LogP contribution < -0.4 is 14.8 Å². The van der Waals surface area contributed by atoms with Crippen LogP contribution in [-0.2, 0) is 14.8 Å². The van der Waals surface area contributed by atoms with Gasteiger partial charge in [0.25, 0.3) is 5.69 Å². The quantitative estimate of drug-likeness (QED) is 0.359. The molecule has 150 valence electrons. The van der Waals surface area contributed by atoms with Crippen molar-refractivity contribution < 1.29 is 22.9 Å². The molecule has 2 aromatic rings. The highest BCUT2D eigenvalue weighted by molar-refractivity contribution is 8.00. The summed E-state index contributed by atoms with van der Waals surface area (Å²) in [4.78, 5) is 23.0. The average Bonchev–Trinajstić information content (AvgIpc) is 2.67. The lowest BCUT2D eigenvalue weighted by molar-refractivity contribution is -0.384. The topological polar surface area (TPSA) is 128 Å². The predicted octanol–water partition coefficient (Wildman–Crippen LogP) is 3.10. The summed E-state index contributed by atoms with van der Waals surface area (Å²) in [6.45, 7) is 1.52. The third-order valence-corrected chi connectivity index (χ3v) is 5.85. The van der Waals surface area contributed by atoms with Crippen LogP contribution >= 0.6 is 11.8 Å². The summed E-state index contributed by atoms with van der Waals surface area (Å²) in [7, 11) is -2.05. The van der Waals surface area contributed by atoms with E-state index in [2.05, 4.69) is 10.0 Å². The molecule has 2 N–H and O–H groups in total. The average molecular weight is 425 g/mol. The number of benzene rings is 2. The minimum atomic E-state index is -3.45. The van der Waals surface area contributed by atoms with Gasteiger partial charge >= 0.3 is 0 Å². The van der Waals surface area contributed by atoms with Gasteiger partial charge in [0.2, 0.25) is 15.9 Å². The van der Waals surface area contributed by atoms with E-state index in [9.17, 15) is 23.3 Å². The fraction of sp³-hybridized carbons (Fsp3) is 0.235. The van der Waals surface area contributed by atoms with E-state index in [4.69, 9.17) is 4.74 Å². The minimum Gasteiger partial charge on any atom is -0.494 e. The van der Waals surface area contributed by atoms with Crippen LogP contribution in [-0.4, -0.2) is 37.9 Å². The van der Waals surface area contributed by atoms with Crippen LogP contribution in [0.3, 0.4) is 0 Å². The summed E-state index contributed by atoms with van der Waals surface area (Å²) in [5, 5.41) is 13.3. The first-order valence-electron chi connectivity index (χ1n) is 8.09. The second kappa shape index (κ2) is 9.42. The van der Waals surface area contributed by atoms with Gasteiger partial charge in [-0.05, 0) is 31.2 Å². The van der Waals surface area contributed by atoms with Gasteiger partial charge in [0.1, 0.15) is 5.75 Å². The van der Waals surface area contributed by atoms with Gasteiger partial charge in [-0.15, -0.1) is 11.8 Å². The number of rotatable bonds is 9. The molecule has 2 aromatic carbocycles. The van der Waals surface area contributed by atoms with Crippen molar-refractivity contribution in [1.82, 2.24) is 0 Å². The van der Waals surface area contributed by atoms with Crippen molar-refractivity contribution in [1.29, 1.82) is 0 Å². The molecule has 0 aliphatic heterocycles. The molecule has 0 saturated heterocycles. The Morgan fingerprint density at radius 1 is 1.21 bits per heavy atom. The Morgan fingerprint density at radius 3 is 2.46 bits per heavy atom. The molecule has 0 radical (unpaired) electrons. The molecule has 2 rings (SSSR count). The number of sulfonamides is 1. The van der Waals surface area contributed by atoms with Crippen LogP contribution in [0.15, 0.2) is 47.4 Å². The monoisotopic (exact) mass is 425 g/mol. The zero-order valence-electron chi connectivity index (χ0n) is 15.2. The van der Waals surface area contributed by atoms with Crippen molar-refractivity contribution in [2.75, 3.05) is 28.7 Å². The number of amides is 1. The van der Waals surface area contributed by atoms with E-state index < -0.39 is 14.9 Å². The molecule has 0 fully saturated rings. The highest BCUT2D eigenvalue weighted by Crippen LogP contribution is 2.29. The summed E-state index contributed by atoms with van der Waals surface area (Å²) in [5.41, 5.74) is 0.716. The highest BCUT2D eigenvalue weighted by Gasteiger charge is 2.13. The Bertz CT molecular complexity index is 961. The van der Waals surface area contributed by atoms with Crippen molar-refractivity contribution >= 4 is 44.8 Å². The van der Waals surface area contributed by atoms with Gasteiger partial charge in [0.15, 0.2) is 0 Å². The van der Waals surface area contributed by atoms with Crippen molar-refractivity contribution in [3.8, 4) is 5.75 Å². The molecule has 1 amide bonds. The Labute approximate surface area is 166 Å². The molecule has 0 aliphatic carbocycles. The zero-order valence-corrected chi connectivity index (χ0v) is 16.8. The molecule has 0 saturated carbocycles. The molecule has 0 heterocycles. The third-order valence-electron chi connectivity index (χ3n) is 3.55. The van der Waals surface area contributed by atoms with E-state index in [0.717, 1.165) is 4.90 Å². The van der Waals surface area contributed by atoms with E-state index in [1.54, 1.807) is 18.2 Å². The Balaban J connectivity index is 1.98. The van der Waals surface area contributed by atoms with Crippen molar-refractivity contribution in [3.05, 3.63) is 52.6 Å². The first-order valence-corrected chi connectivity index (χ1v) is 10.7. The van der Waals surface area contributed by atoms with Gasteiger partial charge in [-0.1, -0.05) is 0 Å². The van der Waals surface area contributed by atoms with Crippen LogP contribution in [0.25, 0.3) is 0 Å². The summed E-state index contributed by atoms with van der Waals surface area (Å²) < 4.78 is 31.0. The Hall–Kier alpha value is -2.79. The molecule has 9 nitrogen and oxygen atoms in total. The number of non-ortho nitro benzene ring substituents is 1. The van der Waals surface area contributed by atoms with E-state index in [1.165, 1.54) is 50.1 Å². The number of hydrogen-bond acceptors (Lipinski definition) is 7. The standard InChI is InChI=1S/C17H19N3O6S2/c1-3-28(24,25)19-15-9-4-12(10-16(15)26-2)18-17(21)11-27-14-7-5-13(6-8-14)20(22)23/h4-10,19H,3,11H2,1-2H3,(H,18,21). The number of carbonyl (C=O) groups is 1. The summed E-state index contributed by atoms with van der Waals surface area (Å²) in [6, 6.07) is 10.5. The number of ether oxygens (including phenoxy) is 1. The molecular formula is C17H19N3O6S2. The number of anilines is 2. The number of carbonyl (C=O) groups excluding carboxylic acids is 1.